The summed E-state index contributed by atoms with van der Waals surface area (Å²) < 4.78 is 28.2. The second-order valence-electron chi connectivity index (χ2n) is 8.10. The van der Waals surface area contributed by atoms with Crippen LogP contribution in [0.2, 0.25) is 0 Å². The Labute approximate surface area is 189 Å². The molecule has 164 valence electrons. The Hall–Kier alpha value is -3.38. The van der Waals surface area contributed by atoms with Crippen LogP contribution < -0.4 is 9.62 Å². The third-order valence-corrected chi connectivity index (χ3v) is 7.83. The summed E-state index contributed by atoms with van der Waals surface area (Å²) in [6, 6.07) is 22.0. The van der Waals surface area contributed by atoms with Gasteiger partial charge in [-0.05, 0) is 49.1 Å². The zero-order valence-corrected chi connectivity index (χ0v) is 19.4. The number of benzene rings is 3. The van der Waals surface area contributed by atoms with E-state index < -0.39 is 15.9 Å². The molecule has 0 saturated carbocycles. The molecular formula is C26H26N2O3S. The fraction of sp³-hybridized carbons (Fsp3) is 0.192. The van der Waals surface area contributed by atoms with Crippen LogP contribution in [0.1, 0.15) is 40.8 Å². The van der Waals surface area contributed by atoms with Crippen LogP contribution in [-0.4, -0.2) is 21.4 Å². The van der Waals surface area contributed by atoms with Crippen LogP contribution >= 0.6 is 0 Å². The third kappa shape index (κ3) is 3.71. The molecule has 0 saturated heterocycles. The van der Waals surface area contributed by atoms with Crippen molar-refractivity contribution in [3.8, 4) is 0 Å². The minimum atomic E-state index is -4.05. The molecule has 1 amide bonds. The fourth-order valence-corrected chi connectivity index (χ4v) is 5.45. The SMILES string of the molecule is Cc1ccc([C@H](C)NC(=O)C2=C(c3ccccc3)c3ccccc3N(C)S2(=O)=O)cc1C. The largest absolute Gasteiger partial charge is 0.345 e. The van der Waals surface area contributed by atoms with E-state index in [4.69, 9.17) is 0 Å². The molecule has 0 bridgehead atoms. The average molecular weight is 447 g/mol. The second-order valence-corrected chi connectivity index (χ2v) is 10.0. The van der Waals surface area contributed by atoms with Gasteiger partial charge in [0.2, 0.25) is 0 Å². The van der Waals surface area contributed by atoms with Gasteiger partial charge in [0.25, 0.3) is 15.9 Å². The van der Waals surface area contributed by atoms with Crippen molar-refractivity contribution in [1.82, 2.24) is 5.32 Å². The number of rotatable bonds is 4. The lowest BCUT2D eigenvalue weighted by molar-refractivity contribution is -0.117. The van der Waals surface area contributed by atoms with E-state index in [-0.39, 0.29) is 10.9 Å². The lowest BCUT2D eigenvalue weighted by Crippen LogP contribution is -2.40. The molecule has 1 aliphatic rings. The summed E-state index contributed by atoms with van der Waals surface area (Å²) in [5.74, 6) is -0.615. The van der Waals surface area contributed by atoms with E-state index in [1.165, 1.54) is 11.4 Å². The normalized spacial score (nSPS) is 15.8. The quantitative estimate of drug-likeness (QED) is 0.631. The van der Waals surface area contributed by atoms with Crippen molar-refractivity contribution in [2.24, 2.45) is 0 Å². The Morgan fingerprint density at radius 2 is 1.56 bits per heavy atom. The topological polar surface area (TPSA) is 66.5 Å². The first-order valence-corrected chi connectivity index (χ1v) is 11.9. The van der Waals surface area contributed by atoms with Gasteiger partial charge in [0.15, 0.2) is 4.91 Å². The van der Waals surface area contributed by atoms with E-state index in [9.17, 15) is 13.2 Å². The van der Waals surface area contributed by atoms with Gasteiger partial charge in [-0.1, -0.05) is 66.7 Å². The molecule has 3 aromatic carbocycles. The summed E-state index contributed by atoms with van der Waals surface area (Å²) in [7, 11) is -2.57. The standard InChI is InChI=1S/C26H26N2O3S/c1-17-14-15-21(16-18(17)2)19(3)27-26(29)25-24(20-10-6-5-7-11-20)22-12-8-9-13-23(22)28(4)32(25,30)31/h5-16,19H,1-4H3,(H,27,29)/t19-/m0/s1. The Balaban J connectivity index is 1.86. The molecule has 0 unspecified atom stereocenters. The van der Waals surface area contributed by atoms with E-state index in [0.717, 1.165) is 16.7 Å². The van der Waals surface area contributed by atoms with E-state index in [1.807, 2.05) is 81.4 Å². The highest BCUT2D eigenvalue weighted by molar-refractivity contribution is 7.97. The van der Waals surface area contributed by atoms with Crippen molar-refractivity contribution >= 4 is 27.2 Å². The van der Waals surface area contributed by atoms with Gasteiger partial charge >= 0.3 is 0 Å². The lowest BCUT2D eigenvalue weighted by atomic mass is 9.95. The molecule has 0 aromatic heterocycles. The van der Waals surface area contributed by atoms with Gasteiger partial charge in [-0.2, -0.15) is 0 Å². The van der Waals surface area contributed by atoms with Crippen molar-refractivity contribution < 1.29 is 13.2 Å². The Kier molecular flexibility index (Phi) is 5.65. The molecule has 0 fully saturated rings. The zero-order valence-electron chi connectivity index (χ0n) is 18.6. The van der Waals surface area contributed by atoms with Crippen molar-refractivity contribution in [1.29, 1.82) is 0 Å². The van der Waals surface area contributed by atoms with E-state index in [0.29, 0.717) is 22.4 Å². The van der Waals surface area contributed by atoms with Gasteiger partial charge in [-0.25, -0.2) is 8.42 Å². The van der Waals surface area contributed by atoms with Crippen LogP contribution in [0, 0.1) is 13.8 Å². The van der Waals surface area contributed by atoms with E-state index in [1.54, 1.807) is 12.1 Å². The minimum absolute atomic E-state index is 0.236. The number of hydrogen-bond acceptors (Lipinski definition) is 3. The van der Waals surface area contributed by atoms with Crippen molar-refractivity contribution in [2.75, 3.05) is 11.4 Å². The lowest BCUT2D eigenvalue weighted by Gasteiger charge is -2.31. The molecule has 1 heterocycles. The predicted molar refractivity (Wildman–Crippen MR) is 129 cm³/mol. The average Bonchev–Trinajstić information content (AvgIpc) is 2.78. The Morgan fingerprint density at radius 1 is 0.906 bits per heavy atom. The molecular weight excluding hydrogens is 420 g/mol. The number of carbonyl (C=O) groups excluding carboxylic acids is 1. The van der Waals surface area contributed by atoms with Gasteiger partial charge in [0.05, 0.1) is 11.7 Å². The molecule has 4 rings (SSSR count). The van der Waals surface area contributed by atoms with Crippen LogP contribution in [0.15, 0.2) is 77.7 Å². The number of nitrogens with zero attached hydrogens (tertiary/aromatic N) is 1. The number of fused-ring (bicyclic) bond motifs is 1. The molecule has 1 atom stereocenters. The smallest absolute Gasteiger partial charge is 0.270 e. The Bertz CT molecular complexity index is 1330. The molecule has 0 radical (unpaired) electrons. The van der Waals surface area contributed by atoms with Crippen molar-refractivity contribution in [2.45, 2.75) is 26.8 Å². The minimum Gasteiger partial charge on any atom is -0.345 e. The number of amides is 1. The molecule has 3 aromatic rings. The van der Waals surface area contributed by atoms with Crippen molar-refractivity contribution in [3.05, 3.63) is 106 Å². The summed E-state index contributed by atoms with van der Waals surface area (Å²) in [6.07, 6.45) is 0. The van der Waals surface area contributed by atoms with Crippen molar-refractivity contribution in [3.63, 3.8) is 0 Å². The number of anilines is 1. The molecule has 1 N–H and O–H groups in total. The summed E-state index contributed by atoms with van der Waals surface area (Å²) >= 11 is 0. The molecule has 1 aliphatic heterocycles. The van der Waals surface area contributed by atoms with Gasteiger partial charge in [0, 0.05) is 18.2 Å². The Morgan fingerprint density at radius 3 is 2.25 bits per heavy atom. The number of hydrogen-bond donors (Lipinski definition) is 1. The fourth-order valence-electron chi connectivity index (χ4n) is 3.98. The molecule has 0 aliphatic carbocycles. The molecule has 0 spiro atoms. The molecule has 32 heavy (non-hydrogen) atoms. The molecule has 6 heteroatoms. The first-order chi connectivity index (χ1) is 15.2. The monoisotopic (exact) mass is 446 g/mol. The summed E-state index contributed by atoms with van der Waals surface area (Å²) in [5.41, 5.74) is 5.56. The second kappa shape index (κ2) is 8.28. The highest BCUT2D eigenvalue weighted by atomic mass is 32.2. The van der Waals surface area contributed by atoms with Crippen LogP contribution in [0.5, 0.6) is 0 Å². The number of sulfonamides is 1. The first-order valence-electron chi connectivity index (χ1n) is 10.5. The summed E-state index contributed by atoms with van der Waals surface area (Å²) in [6.45, 7) is 5.90. The number of para-hydroxylation sites is 1. The third-order valence-electron chi connectivity index (χ3n) is 6.01. The first kappa shape index (κ1) is 21.8. The molecule has 5 nitrogen and oxygen atoms in total. The number of carbonyl (C=O) groups is 1. The highest BCUT2D eigenvalue weighted by Crippen LogP contribution is 2.42. The highest BCUT2D eigenvalue weighted by Gasteiger charge is 2.39. The number of nitrogens with one attached hydrogen (secondary N) is 1. The van der Waals surface area contributed by atoms with Crippen LogP contribution in [-0.2, 0) is 14.8 Å². The van der Waals surface area contributed by atoms with E-state index in [2.05, 4.69) is 5.32 Å². The maximum atomic E-state index is 13.5. The zero-order chi connectivity index (χ0) is 23.0. The van der Waals surface area contributed by atoms with Gasteiger partial charge in [0.1, 0.15) is 0 Å². The van der Waals surface area contributed by atoms with Gasteiger partial charge in [-0.15, -0.1) is 0 Å². The summed E-state index contributed by atoms with van der Waals surface area (Å²) in [5, 5.41) is 2.92. The van der Waals surface area contributed by atoms with Crippen LogP contribution in [0.25, 0.3) is 5.57 Å². The van der Waals surface area contributed by atoms with Crippen LogP contribution in [0.3, 0.4) is 0 Å². The van der Waals surface area contributed by atoms with Gasteiger partial charge in [-0.3, -0.25) is 9.10 Å². The maximum absolute atomic E-state index is 13.5. The van der Waals surface area contributed by atoms with Crippen LogP contribution in [0.4, 0.5) is 5.69 Å². The van der Waals surface area contributed by atoms with Gasteiger partial charge < -0.3 is 5.32 Å². The summed E-state index contributed by atoms with van der Waals surface area (Å²) in [4.78, 5) is 13.3. The predicted octanol–water partition coefficient (Wildman–Crippen LogP) is 4.72. The number of aryl methyl sites for hydroxylation is 2. The van der Waals surface area contributed by atoms with E-state index >= 15 is 0 Å². The maximum Gasteiger partial charge on any atom is 0.270 e.